The summed E-state index contributed by atoms with van der Waals surface area (Å²) >= 11 is 0. The summed E-state index contributed by atoms with van der Waals surface area (Å²) in [6.45, 7) is 1.29. The summed E-state index contributed by atoms with van der Waals surface area (Å²) < 4.78 is 5.41. The number of nitrogens with zero attached hydrogens (tertiary/aromatic N) is 1. The molecule has 108 valence electrons. The Bertz CT molecular complexity index is 487. The lowest BCUT2D eigenvalue weighted by Gasteiger charge is -2.30. The second kappa shape index (κ2) is 6.38. The number of rotatable bonds is 4. The van der Waals surface area contributed by atoms with Crippen LogP contribution in [-0.2, 0) is 4.79 Å². The quantitative estimate of drug-likeness (QED) is 0.816. The van der Waals surface area contributed by atoms with Crippen LogP contribution in [-0.4, -0.2) is 42.5 Å². The highest BCUT2D eigenvalue weighted by molar-refractivity contribution is 5.92. The van der Waals surface area contributed by atoms with Crippen LogP contribution in [0.15, 0.2) is 24.3 Å². The van der Waals surface area contributed by atoms with Crippen molar-refractivity contribution >= 4 is 11.8 Å². The lowest BCUT2D eigenvalue weighted by molar-refractivity contribution is -0.134. The van der Waals surface area contributed by atoms with Gasteiger partial charge in [-0.15, -0.1) is 0 Å². The summed E-state index contributed by atoms with van der Waals surface area (Å²) in [5, 5.41) is 0. The molecule has 1 unspecified atom stereocenters. The fourth-order valence-corrected chi connectivity index (χ4v) is 2.19. The summed E-state index contributed by atoms with van der Waals surface area (Å²) in [6.07, 6.45) is 1.89. The minimum Gasteiger partial charge on any atom is -0.484 e. The summed E-state index contributed by atoms with van der Waals surface area (Å²) in [5.41, 5.74) is 11.4. The number of carbonyl (C=O) groups is 2. The topological polar surface area (TPSA) is 98.7 Å². The predicted molar refractivity (Wildman–Crippen MR) is 74.2 cm³/mol. The van der Waals surface area contributed by atoms with E-state index in [4.69, 9.17) is 16.2 Å². The van der Waals surface area contributed by atoms with E-state index in [1.165, 1.54) is 0 Å². The van der Waals surface area contributed by atoms with Crippen molar-refractivity contribution < 1.29 is 14.3 Å². The Morgan fingerprint density at radius 1 is 1.30 bits per heavy atom. The van der Waals surface area contributed by atoms with Gasteiger partial charge in [-0.2, -0.15) is 0 Å². The number of piperidine rings is 1. The Morgan fingerprint density at radius 3 is 2.60 bits per heavy atom. The van der Waals surface area contributed by atoms with Crippen LogP contribution in [0, 0.1) is 0 Å². The van der Waals surface area contributed by atoms with Gasteiger partial charge in [0.2, 0.25) is 5.91 Å². The third-order valence-electron chi connectivity index (χ3n) is 3.31. The van der Waals surface area contributed by atoms with Gasteiger partial charge < -0.3 is 21.1 Å². The first kappa shape index (κ1) is 14.3. The van der Waals surface area contributed by atoms with E-state index in [1.807, 2.05) is 0 Å². The molecule has 0 spiro atoms. The zero-order chi connectivity index (χ0) is 14.5. The molecule has 1 aliphatic heterocycles. The maximum Gasteiger partial charge on any atom is 0.260 e. The van der Waals surface area contributed by atoms with Crippen molar-refractivity contribution in [1.29, 1.82) is 0 Å². The molecule has 1 aromatic carbocycles. The summed E-state index contributed by atoms with van der Waals surface area (Å²) in [5.74, 6) is -0.0290. The standard InChI is InChI=1S/C14H19N3O3/c15-11-2-1-7-17(8-11)13(18)9-20-12-5-3-10(4-6-12)14(16)19/h3-6,11H,1-2,7-9,15H2,(H2,16,19). The van der Waals surface area contributed by atoms with Crippen molar-refractivity contribution in [3.05, 3.63) is 29.8 Å². The molecule has 6 heteroatoms. The highest BCUT2D eigenvalue weighted by Crippen LogP contribution is 2.13. The molecule has 1 aromatic rings. The first-order valence-corrected chi connectivity index (χ1v) is 6.62. The number of amides is 2. The fraction of sp³-hybridized carbons (Fsp3) is 0.429. The van der Waals surface area contributed by atoms with Gasteiger partial charge in [-0.3, -0.25) is 9.59 Å². The number of ether oxygens (including phenoxy) is 1. The van der Waals surface area contributed by atoms with Gasteiger partial charge in [0.05, 0.1) is 0 Å². The minimum absolute atomic E-state index is 0.0252. The number of primary amides is 1. The van der Waals surface area contributed by atoms with Crippen molar-refractivity contribution in [2.24, 2.45) is 11.5 Å². The van der Waals surface area contributed by atoms with Crippen molar-refractivity contribution in [2.45, 2.75) is 18.9 Å². The first-order valence-electron chi connectivity index (χ1n) is 6.62. The molecule has 1 aliphatic rings. The number of likely N-dealkylation sites (tertiary alicyclic amines) is 1. The van der Waals surface area contributed by atoms with Crippen LogP contribution in [0.25, 0.3) is 0 Å². The second-order valence-electron chi connectivity index (χ2n) is 4.92. The number of nitrogens with two attached hydrogens (primary N) is 2. The first-order chi connectivity index (χ1) is 9.56. The Labute approximate surface area is 117 Å². The Morgan fingerprint density at radius 2 is 2.00 bits per heavy atom. The van der Waals surface area contributed by atoms with E-state index in [-0.39, 0.29) is 18.6 Å². The maximum absolute atomic E-state index is 12.0. The number of carbonyl (C=O) groups excluding carboxylic acids is 2. The molecule has 1 atom stereocenters. The van der Waals surface area contributed by atoms with E-state index in [2.05, 4.69) is 0 Å². The van der Waals surface area contributed by atoms with Gasteiger partial charge in [-0.25, -0.2) is 0 Å². The van der Waals surface area contributed by atoms with Crippen molar-refractivity contribution in [2.75, 3.05) is 19.7 Å². The van der Waals surface area contributed by atoms with Crippen LogP contribution in [0.2, 0.25) is 0 Å². The maximum atomic E-state index is 12.0. The van der Waals surface area contributed by atoms with Gasteiger partial charge in [-0.1, -0.05) is 0 Å². The molecule has 2 amide bonds. The molecule has 0 aliphatic carbocycles. The van der Waals surface area contributed by atoms with Gasteiger partial charge in [0.1, 0.15) is 5.75 Å². The van der Waals surface area contributed by atoms with Gasteiger partial charge in [0, 0.05) is 24.7 Å². The van der Waals surface area contributed by atoms with E-state index < -0.39 is 5.91 Å². The highest BCUT2D eigenvalue weighted by atomic mass is 16.5. The number of benzene rings is 1. The van der Waals surface area contributed by atoms with E-state index >= 15 is 0 Å². The Kier molecular flexibility index (Phi) is 4.57. The minimum atomic E-state index is -0.491. The zero-order valence-electron chi connectivity index (χ0n) is 11.2. The monoisotopic (exact) mass is 277 g/mol. The summed E-state index contributed by atoms with van der Waals surface area (Å²) in [4.78, 5) is 24.6. The zero-order valence-corrected chi connectivity index (χ0v) is 11.2. The molecule has 1 fully saturated rings. The predicted octanol–water partition coefficient (Wildman–Crippen LogP) is 0.114. The molecule has 0 bridgehead atoms. The van der Waals surface area contributed by atoms with E-state index in [1.54, 1.807) is 29.2 Å². The lowest BCUT2D eigenvalue weighted by Crippen LogP contribution is -2.47. The molecular formula is C14H19N3O3. The van der Waals surface area contributed by atoms with Gasteiger partial charge >= 0.3 is 0 Å². The van der Waals surface area contributed by atoms with Gasteiger partial charge in [0.15, 0.2) is 6.61 Å². The number of hydrogen-bond acceptors (Lipinski definition) is 4. The van der Waals surface area contributed by atoms with Crippen molar-refractivity contribution in [3.8, 4) is 5.75 Å². The smallest absolute Gasteiger partial charge is 0.260 e. The largest absolute Gasteiger partial charge is 0.484 e. The van der Waals surface area contributed by atoms with Gasteiger partial charge in [0.25, 0.3) is 5.91 Å². The van der Waals surface area contributed by atoms with Crippen LogP contribution >= 0.6 is 0 Å². The van der Waals surface area contributed by atoms with Crippen LogP contribution in [0.3, 0.4) is 0 Å². The SMILES string of the molecule is NC(=O)c1ccc(OCC(=O)N2CCCC(N)C2)cc1. The van der Waals surface area contributed by atoms with E-state index in [0.717, 1.165) is 19.4 Å². The average molecular weight is 277 g/mol. The van der Waals surface area contributed by atoms with Crippen molar-refractivity contribution in [1.82, 2.24) is 4.90 Å². The van der Waals surface area contributed by atoms with E-state index in [9.17, 15) is 9.59 Å². The van der Waals surface area contributed by atoms with Gasteiger partial charge in [-0.05, 0) is 37.1 Å². The molecule has 4 N–H and O–H groups in total. The van der Waals surface area contributed by atoms with Crippen molar-refractivity contribution in [3.63, 3.8) is 0 Å². The molecule has 2 rings (SSSR count). The van der Waals surface area contributed by atoms with Crippen LogP contribution in [0.4, 0.5) is 0 Å². The van der Waals surface area contributed by atoms with Crippen LogP contribution in [0.5, 0.6) is 5.75 Å². The summed E-state index contributed by atoms with van der Waals surface area (Å²) in [7, 11) is 0. The third kappa shape index (κ3) is 3.71. The molecule has 20 heavy (non-hydrogen) atoms. The van der Waals surface area contributed by atoms with Crippen LogP contribution in [0.1, 0.15) is 23.2 Å². The van der Waals surface area contributed by atoms with Crippen LogP contribution < -0.4 is 16.2 Å². The molecule has 1 heterocycles. The van der Waals surface area contributed by atoms with E-state index in [0.29, 0.717) is 17.9 Å². The molecule has 1 saturated heterocycles. The fourth-order valence-electron chi connectivity index (χ4n) is 2.19. The normalized spacial score (nSPS) is 18.6. The molecule has 0 saturated carbocycles. The summed E-state index contributed by atoms with van der Waals surface area (Å²) in [6, 6.07) is 6.44. The third-order valence-corrected chi connectivity index (χ3v) is 3.31. The lowest BCUT2D eigenvalue weighted by atomic mass is 10.1. The highest BCUT2D eigenvalue weighted by Gasteiger charge is 2.21. The molecule has 0 aromatic heterocycles. The Hall–Kier alpha value is -2.08. The average Bonchev–Trinajstić information content (AvgIpc) is 2.45. The number of hydrogen-bond donors (Lipinski definition) is 2. The Balaban J connectivity index is 1.85. The molecule has 0 radical (unpaired) electrons. The molecular weight excluding hydrogens is 258 g/mol. The molecule has 6 nitrogen and oxygen atoms in total. The second-order valence-corrected chi connectivity index (χ2v) is 4.92.